The first-order valence-electron chi connectivity index (χ1n) is 11.3. The van der Waals surface area contributed by atoms with Crippen molar-refractivity contribution in [1.82, 2.24) is 9.88 Å². The molecule has 1 saturated carbocycles. The van der Waals surface area contributed by atoms with Gasteiger partial charge in [0.15, 0.2) is 0 Å². The third kappa shape index (κ3) is 3.83. The first-order chi connectivity index (χ1) is 14.6. The fraction of sp³-hybridized carbons (Fsp3) is 0.652. The molecular weight excluding hydrogens is 398 g/mol. The normalized spacial score (nSPS) is 29.8. The van der Waals surface area contributed by atoms with E-state index in [2.05, 4.69) is 16.8 Å². The Morgan fingerprint density at radius 1 is 1.33 bits per heavy atom. The molecule has 0 unspecified atom stereocenters. The number of fused-ring (bicyclic) bond motifs is 3. The number of primary amides is 1. The Labute approximate surface area is 181 Å². The molecule has 1 saturated heterocycles. The molecule has 2 fully saturated rings. The number of nitrogens with zero attached hydrogens (tertiary/aromatic N) is 2. The lowest BCUT2D eigenvalue weighted by Gasteiger charge is -2.42. The first-order valence-corrected chi connectivity index (χ1v) is 12.1. The minimum Gasteiger partial charge on any atom is -0.490 e. The lowest BCUT2D eigenvalue weighted by Crippen LogP contribution is -2.50. The molecule has 0 spiro atoms. The lowest BCUT2D eigenvalue weighted by molar-refractivity contribution is -0.118. The zero-order chi connectivity index (χ0) is 20.7. The monoisotopic (exact) mass is 429 g/mol. The number of hydrogen-bond donors (Lipinski definition) is 1. The summed E-state index contributed by atoms with van der Waals surface area (Å²) in [4.78, 5) is 21.2. The number of amides is 1. The SMILES string of the molecule is C[C@@H]1COCCN1C1CCC(Oc2ccnc3sc4c(c23)[C@@H](CC(N)=O)CC4)CC1. The van der Waals surface area contributed by atoms with Gasteiger partial charge in [-0.3, -0.25) is 9.69 Å². The van der Waals surface area contributed by atoms with Crippen LogP contribution in [0.15, 0.2) is 12.3 Å². The van der Waals surface area contributed by atoms with E-state index in [1.165, 1.54) is 23.3 Å². The van der Waals surface area contributed by atoms with Crippen molar-refractivity contribution in [1.29, 1.82) is 0 Å². The highest BCUT2D eigenvalue weighted by atomic mass is 32.1. The molecule has 0 aromatic carbocycles. The van der Waals surface area contributed by atoms with E-state index in [0.29, 0.717) is 18.5 Å². The van der Waals surface area contributed by atoms with E-state index in [1.807, 2.05) is 12.3 Å². The van der Waals surface area contributed by atoms with Crippen molar-refractivity contribution < 1.29 is 14.3 Å². The predicted octanol–water partition coefficient (Wildman–Crippen LogP) is 3.61. The zero-order valence-corrected chi connectivity index (χ0v) is 18.5. The second-order valence-electron chi connectivity index (χ2n) is 9.04. The maximum atomic E-state index is 11.6. The summed E-state index contributed by atoms with van der Waals surface area (Å²) in [6.07, 6.45) is 9.03. The van der Waals surface area contributed by atoms with Crippen LogP contribution in [-0.4, -0.2) is 53.7 Å². The molecule has 5 rings (SSSR count). The zero-order valence-electron chi connectivity index (χ0n) is 17.6. The highest BCUT2D eigenvalue weighted by Gasteiger charge is 2.33. The average Bonchev–Trinajstić information content (AvgIpc) is 3.29. The van der Waals surface area contributed by atoms with Crippen molar-refractivity contribution in [3.05, 3.63) is 22.7 Å². The molecule has 2 aromatic heterocycles. The van der Waals surface area contributed by atoms with Gasteiger partial charge in [-0.05, 0) is 63.0 Å². The van der Waals surface area contributed by atoms with E-state index in [9.17, 15) is 4.79 Å². The van der Waals surface area contributed by atoms with Gasteiger partial charge in [0.05, 0.1) is 24.7 Å². The Hall–Kier alpha value is -1.70. The molecule has 3 heterocycles. The minimum atomic E-state index is -0.228. The number of aromatic nitrogens is 1. The van der Waals surface area contributed by atoms with Crippen molar-refractivity contribution in [2.24, 2.45) is 5.73 Å². The van der Waals surface area contributed by atoms with Gasteiger partial charge in [-0.1, -0.05) is 0 Å². The summed E-state index contributed by atoms with van der Waals surface area (Å²) < 4.78 is 12.2. The summed E-state index contributed by atoms with van der Waals surface area (Å²) in [6, 6.07) is 3.16. The third-order valence-electron chi connectivity index (χ3n) is 7.07. The van der Waals surface area contributed by atoms with Gasteiger partial charge in [-0.15, -0.1) is 11.3 Å². The van der Waals surface area contributed by atoms with Crippen LogP contribution in [-0.2, 0) is 16.0 Å². The van der Waals surface area contributed by atoms with E-state index in [1.54, 1.807) is 11.3 Å². The van der Waals surface area contributed by atoms with Crippen molar-refractivity contribution in [3.8, 4) is 5.75 Å². The number of rotatable bonds is 5. The fourth-order valence-electron chi connectivity index (χ4n) is 5.63. The highest BCUT2D eigenvalue weighted by molar-refractivity contribution is 7.19. The fourth-order valence-corrected chi connectivity index (χ4v) is 6.89. The number of pyridine rings is 1. The Morgan fingerprint density at radius 3 is 2.93 bits per heavy atom. The summed E-state index contributed by atoms with van der Waals surface area (Å²) in [5, 5.41) is 1.13. The summed E-state index contributed by atoms with van der Waals surface area (Å²) in [6.45, 7) is 5.02. The van der Waals surface area contributed by atoms with Gasteiger partial charge in [-0.2, -0.15) is 0 Å². The van der Waals surface area contributed by atoms with Crippen LogP contribution in [0, 0.1) is 0 Å². The number of nitrogens with two attached hydrogens (primary N) is 1. The van der Waals surface area contributed by atoms with Gasteiger partial charge in [0.25, 0.3) is 0 Å². The summed E-state index contributed by atoms with van der Waals surface area (Å²) in [5.41, 5.74) is 6.79. The number of carbonyl (C=O) groups excluding carboxylic acids is 1. The van der Waals surface area contributed by atoms with E-state index in [-0.39, 0.29) is 17.9 Å². The third-order valence-corrected chi connectivity index (χ3v) is 8.24. The molecule has 2 atom stereocenters. The van der Waals surface area contributed by atoms with Gasteiger partial charge in [0.1, 0.15) is 10.6 Å². The maximum Gasteiger partial charge on any atom is 0.218 e. The van der Waals surface area contributed by atoms with Crippen LogP contribution in [0.25, 0.3) is 10.2 Å². The van der Waals surface area contributed by atoms with E-state index < -0.39 is 0 Å². The number of ether oxygens (including phenoxy) is 2. The Kier molecular flexibility index (Phi) is 5.69. The Bertz CT molecular complexity index is 922. The van der Waals surface area contributed by atoms with Gasteiger partial charge in [-0.25, -0.2) is 4.98 Å². The molecule has 7 heteroatoms. The summed E-state index contributed by atoms with van der Waals surface area (Å²) >= 11 is 1.75. The van der Waals surface area contributed by atoms with Crippen molar-refractivity contribution in [2.75, 3.05) is 19.8 Å². The molecule has 30 heavy (non-hydrogen) atoms. The number of hydrogen-bond acceptors (Lipinski definition) is 6. The van der Waals surface area contributed by atoms with E-state index in [4.69, 9.17) is 15.2 Å². The molecule has 2 aliphatic carbocycles. The predicted molar refractivity (Wildman–Crippen MR) is 118 cm³/mol. The van der Waals surface area contributed by atoms with Crippen LogP contribution in [0.1, 0.15) is 61.8 Å². The van der Waals surface area contributed by atoms with E-state index in [0.717, 1.165) is 61.4 Å². The van der Waals surface area contributed by atoms with Crippen LogP contribution >= 0.6 is 11.3 Å². The molecule has 162 valence electrons. The summed E-state index contributed by atoms with van der Waals surface area (Å²) in [7, 11) is 0. The largest absolute Gasteiger partial charge is 0.490 e. The number of morpholine rings is 1. The van der Waals surface area contributed by atoms with E-state index >= 15 is 0 Å². The van der Waals surface area contributed by atoms with Gasteiger partial charge < -0.3 is 15.2 Å². The molecule has 6 nitrogen and oxygen atoms in total. The number of thiophene rings is 1. The molecule has 3 aliphatic rings. The van der Waals surface area contributed by atoms with Crippen LogP contribution in [0.4, 0.5) is 0 Å². The van der Waals surface area contributed by atoms with Crippen LogP contribution in [0.2, 0.25) is 0 Å². The molecular formula is C23H31N3O3S. The molecule has 1 amide bonds. The average molecular weight is 430 g/mol. The molecule has 0 radical (unpaired) electrons. The molecule has 1 aliphatic heterocycles. The molecule has 0 bridgehead atoms. The maximum absolute atomic E-state index is 11.6. The highest BCUT2D eigenvalue weighted by Crippen LogP contribution is 2.48. The molecule has 2 N–H and O–H groups in total. The first kappa shape index (κ1) is 20.2. The number of aryl methyl sites for hydroxylation is 1. The van der Waals surface area contributed by atoms with Crippen LogP contribution in [0.3, 0.4) is 0 Å². The second kappa shape index (κ2) is 8.44. The quantitative estimate of drug-likeness (QED) is 0.786. The molecule has 2 aromatic rings. The lowest BCUT2D eigenvalue weighted by atomic mass is 9.90. The summed E-state index contributed by atoms with van der Waals surface area (Å²) in [5.74, 6) is 0.919. The van der Waals surface area contributed by atoms with Gasteiger partial charge >= 0.3 is 0 Å². The van der Waals surface area contributed by atoms with Crippen molar-refractivity contribution in [2.45, 2.75) is 76.0 Å². The topological polar surface area (TPSA) is 77.7 Å². The van der Waals surface area contributed by atoms with Crippen LogP contribution < -0.4 is 10.5 Å². The van der Waals surface area contributed by atoms with Crippen molar-refractivity contribution >= 4 is 27.5 Å². The number of carbonyl (C=O) groups is 1. The van der Waals surface area contributed by atoms with Gasteiger partial charge in [0.2, 0.25) is 5.91 Å². The Balaban J connectivity index is 1.31. The Morgan fingerprint density at radius 2 is 2.17 bits per heavy atom. The van der Waals surface area contributed by atoms with Crippen LogP contribution in [0.5, 0.6) is 5.75 Å². The smallest absolute Gasteiger partial charge is 0.218 e. The van der Waals surface area contributed by atoms with Crippen molar-refractivity contribution in [3.63, 3.8) is 0 Å². The van der Waals surface area contributed by atoms with Gasteiger partial charge in [0, 0.05) is 36.1 Å². The standard InChI is InChI=1S/C23H31N3O3S/c1-14-13-28-11-10-26(14)16-3-5-17(6-4-16)29-18-8-9-25-23-22(18)21-15(12-20(24)27)2-7-19(21)30-23/h8-9,14-17H,2-7,10-13H2,1H3,(H2,24,27)/t14-,15-,16?,17?/m1/s1. The minimum absolute atomic E-state index is 0.205. The second-order valence-corrected chi connectivity index (χ2v) is 10.1.